The van der Waals surface area contributed by atoms with Crippen LogP contribution in [0.4, 0.5) is 0 Å². The number of aliphatic hydroxyl groups excluding tert-OH is 1. The zero-order valence-electron chi connectivity index (χ0n) is 51.5. The number of aliphatic carboxylic acids is 2. The summed E-state index contributed by atoms with van der Waals surface area (Å²) in [4.78, 5) is 164. The number of aliphatic imine (C=N–C) groups is 4. The lowest BCUT2D eigenvalue weighted by molar-refractivity contribution is -0.144. The topological polar surface area (TPSA) is 666 Å². The van der Waals surface area contributed by atoms with E-state index in [0.717, 1.165) is 0 Å². The highest BCUT2D eigenvalue weighted by Gasteiger charge is 2.36. The zero-order chi connectivity index (χ0) is 67.9. The van der Waals surface area contributed by atoms with Crippen molar-refractivity contribution in [3.8, 4) is 0 Å². The fourth-order valence-electron chi connectivity index (χ4n) is 8.28. The molecule has 0 aromatic rings. The second-order valence-electron chi connectivity index (χ2n) is 21.5. The number of nitrogens with one attached hydrogen (secondary N) is 9. The molecular weight excluding hydrogens is 1170 g/mol. The summed E-state index contributed by atoms with van der Waals surface area (Å²) in [5, 5.41) is 51.6. The zero-order valence-corrected chi connectivity index (χ0v) is 51.5. The van der Waals surface area contributed by atoms with E-state index in [0.29, 0.717) is 12.8 Å². The van der Waals surface area contributed by atoms with E-state index in [9.17, 15) is 68.1 Å². The van der Waals surface area contributed by atoms with Crippen LogP contribution in [0.3, 0.4) is 0 Å². The first-order valence-electron chi connectivity index (χ1n) is 29.2. The van der Waals surface area contributed by atoms with Gasteiger partial charge in [-0.2, -0.15) is 0 Å². The van der Waals surface area contributed by atoms with Gasteiger partial charge in [0.1, 0.15) is 54.4 Å². The molecule has 0 fully saturated rings. The molecule has 0 saturated heterocycles. The Morgan fingerprint density at radius 3 is 1.06 bits per heavy atom. The predicted molar refractivity (Wildman–Crippen MR) is 329 cm³/mol. The maximum Gasteiger partial charge on any atom is 0.326 e. The number of carboxylic acid groups (broad SMARTS) is 2. The number of carboxylic acids is 2. The minimum absolute atomic E-state index is 0.0101. The SMILES string of the molecule is CC[C@H](C)[C@H](NC(=O)[C@H](CO)NC(=O)[C@H](CCCCN)NC(=O)[C@H](CCCN=C(N)N)NC(=O)[C@H](CCCN=C(N)N)NC(=O)[C@H](C)NC(=O)[C@H](CCCN=C(N)N)NC(=O)[C@H](CC(C)C)NC(=O)[C@H](CCCN=C(N)N)NC(=O)[C@@H](N)CC(=O)O)C(=O)O. The highest BCUT2D eigenvalue weighted by atomic mass is 16.4. The van der Waals surface area contributed by atoms with Crippen LogP contribution < -0.4 is 105 Å². The molecular formula is C52H99N23O14. The highest BCUT2D eigenvalue weighted by Crippen LogP contribution is 2.13. The van der Waals surface area contributed by atoms with Crippen LogP contribution in [0.5, 0.6) is 0 Å². The van der Waals surface area contributed by atoms with Gasteiger partial charge < -0.3 is 121 Å². The number of guanidine groups is 4. The van der Waals surface area contributed by atoms with Crippen molar-refractivity contribution in [1.82, 2.24) is 47.9 Å². The first-order chi connectivity index (χ1) is 41.8. The van der Waals surface area contributed by atoms with Crippen LogP contribution in [-0.4, -0.2) is 204 Å². The molecule has 32 N–H and O–H groups in total. The van der Waals surface area contributed by atoms with Crippen LogP contribution in [0.15, 0.2) is 20.0 Å². The molecule has 0 unspecified atom stereocenters. The van der Waals surface area contributed by atoms with Gasteiger partial charge in [0.2, 0.25) is 53.2 Å². The molecule has 0 aromatic carbocycles. The van der Waals surface area contributed by atoms with E-state index in [1.165, 1.54) is 6.92 Å². The molecule has 0 aliphatic rings. The Hall–Kier alpha value is -8.87. The molecule has 0 rings (SSSR count). The number of carbonyl (C=O) groups is 11. The third kappa shape index (κ3) is 34.9. The van der Waals surface area contributed by atoms with Gasteiger partial charge in [-0.15, -0.1) is 0 Å². The average molecular weight is 1270 g/mol. The number of nitrogens with zero attached hydrogens (tertiary/aromatic N) is 4. The summed E-state index contributed by atoms with van der Waals surface area (Å²) >= 11 is 0. The molecule has 0 spiro atoms. The molecule has 9 amide bonds. The smallest absolute Gasteiger partial charge is 0.326 e. The molecule has 11 atom stereocenters. The van der Waals surface area contributed by atoms with Crippen molar-refractivity contribution in [2.24, 2.45) is 89.1 Å². The quantitative estimate of drug-likeness (QED) is 0.0153. The summed E-state index contributed by atoms with van der Waals surface area (Å²) in [6.07, 6.45) is -0.0312. The van der Waals surface area contributed by atoms with Gasteiger partial charge in [-0.05, 0) is 102 Å². The standard InChI is InChI=1S/C52H99N23O14/c1-6-27(4)38(48(88)89)75-47(87)36(25-76)74-45(85)30(13-7-8-18-53)70-43(83)34(17-12-22-66-52(61)62)71-42(82)32(15-10-20-64-50(57)58)68-39(79)28(5)67-41(81)31(14-9-19-63-49(55)56)72-46(86)35(23-26(2)3)73-44(84)33(16-11-21-65-51(59)60)69-40(80)29(54)24-37(77)78/h26-36,38,76H,6-25,53-54H2,1-5H3,(H,67,81)(H,68,79)(H,69,80)(H,70,83)(H,71,82)(H,72,86)(H,73,84)(H,74,85)(H,75,87)(H,77,78)(H,88,89)(H4,55,56,63)(H4,57,58,64)(H4,59,60,65)(H4,61,62,66)/t27-,28-,29-,30-,31-,32-,33-,34-,35-,36-,38-/m0/s1. The number of nitrogens with two attached hydrogens (primary N) is 10. The van der Waals surface area contributed by atoms with Crippen LogP contribution in [0.2, 0.25) is 0 Å². The first-order valence-corrected chi connectivity index (χ1v) is 29.2. The number of carbonyl (C=O) groups excluding carboxylic acids is 9. The molecule has 89 heavy (non-hydrogen) atoms. The minimum Gasteiger partial charge on any atom is -0.481 e. The maximum atomic E-state index is 14.4. The summed E-state index contributed by atoms with van der Waals surface area (Å²) in [5.74, 6) is -13.0. The van der Waals surface area contributed by atoms with E-state index < -0.39 is 144 Å². The number of hydrogen-bond donors (Lipinski definition) is 22. The van der Waals surface area contributed by atoms with Crippen molar-refractivity contribution < 1.29 is 68.1 Å². The molecule has 37 nitrogen and oxygen atoms in total. The number of hydrogen-bond acceptors (Lipinski definition) is 18. The van der Waals surface area contributed by atoms with E-state index in [1.807, 2.05) is 0 Å². The molecule has 0 aromatic heterocycles. The third-order valence-electron chi connectivity index (χ3n) is 13.3. The molecule has 0 aliphatic heterocycles. The highest BCUT2D eigenvalue weighted by molar-refractivity contribution is 5.98. The number of aliphatic hydroxyl groups is 1. The van der Waals surface area contributed by atoms with Crippen molar-refractivity contribution >= 4 is 88.9 Å². The van der Waals surface area contributed by atoms with Gasteiger partial charge in [0.15, 0.2) is 23.8 Å². The van der Waals surface area contributed by atoms with Gasteiger partial charge >= 0.3 is 11.9 Å². The summed E-state index contributed by atoms with van der Waals surface area (Å²) in [5.41, 5.74) is 55.4. The van der Waals surface area contributed by atoms with Gasteiger partial charge in [0.25, 0.3) is 0 Å². The Labute approximate surface area is 516 Å². The molecule has 0 radical (unpaired) electrons. The second kappa shape index (κ2) is 43.7. The normalized spacial score (nSPS) is 14.6. The van der Waals surface area contributed by atoms with Crippen molar-refractivity contribution in [2.45, 2.75) is 185 Å². The van der Waals surface area contributed by atoms with Crippen LogP contribution in [0, 0.1) is 11.8 Å². The van der Waals surface area contributed by atoms with Gasteiger partial charge in [-0.1, -0.05) is 34.1 Å². The molecule has 0 saturated carbocycles. The van der Waals surface area contributed by atoms with Crippen molar-refractivity contribution in [2.75, 3.05) is 39.3 Å². The van der Waals surface area contributed by atoms with Gasteiger partial charge in [-0.3, -0.25) is 67.9 Å². The molecule has 0 aliphatic carbocycles. The Balaban J connectivity index is 7.08. The van der Waals surface area contributed by atoms with E-state index >= 15 is 0 Å². The largest absolute Gasteiger partial charge is 0.481 e. The molecule has 37 heteroatoms. The van der Waals surface area contributed by atoms with E-state index in [-0.39, 0.29) is 133 Å². The fraction of sp³-hybridized carbons (Fsp3) is 0.712. The number of amides is 9. The summed E-state index contributed by atoms with van der Waals surface area (Å²) in [6.45, 7) is 7.24. The van der Waals surface area contributed by atoms with Crippen LogP contribution in [0.25, 0.3) is 0 Å². The van der Waals surface area contributed by atoms with Gasteiger partial charge in [0, 0.05) is 26.2 Å². The molecule has 0 heterocycles. The summed E-state index contributed by atoms with van der Waals surface area (Å²) in [6, 6.07) is -14.6. The average Bonchev–Trinajstić information content (AvgIpc) is 3.54. The Bertz CT molecular complexity index is 2430. The lowest BCUT2D eigenvalue weighted by Gasteiger charge is -2.28. The third-order valence-corrected chi connectivity index (χ3v) is 13.3. The Morgan fingerprint density at radius 1 is 0.416 bits per heavy atom. The number of rotatable bonds is 46. The fourth-order valence-corrected chi connectivity index (χ4v) is 8.28. The number of unbranched alkanes of at least 4 members (excludes halogenated alkanes) is 1. The molecule has 0 bridgehead atoms. The summed E-state index contributed by atoms with van der Waals surface area (Å²) in [7, 11) is 0. The maximum absolute atomic E-state index is 14.4. The summed E-state index contributed by atoms with van der Waals surface area (Å²) < 4.78 is 0. The van der Waals surface area contributed by atoms with Crippen LogP contribution in [0.1, 0.15) is 125 Å². The lowest BCUT2D eigenvalue weighted by atomic mass is 9.99. The van der Waals surface area contributed by atoms with Gasteiger partial charge in [0.05, 0.1) is 19.1 Å². The van der Waals surface area contributed by atoms with Crippen molar-refractivity contribution in [3.05, 3.63) is 0 Å². The minimum atomic E-state index is -1.65. The van der Waals surface area contributed by atoms with E-state index in [2.05, 4.69) is 67.8 Å². The van der Waals surface area contributed by atoms with E-state index in [1.54, 1.807) is 27.7 Å². The first kappa shape index (κ1) is 80.1. The Morgan fingerprint density at radius 2 is 0.730 bits per heavy atom. The predicted octanol–water partition coefficient (Wildman–Crippen LogP) is -8.32. The van der Waals surface area contributed by atoms with Gasteiger partial charge in [-0.25, -0.2) is 4.79 Å². The van der Waals surface area contributed by atoms with E-state index in [4.69, 9.17) is 57.3 Å². The monoisotopic (exact) mass is 1270 g/mol. The lowest BCUT2D eigenvalue weighted by Crippen LogP contribution is -2.60. The second-order valence-corrected chi connectivity index (χ2v) is 21.5. The van der Waals surface area contributed by atoms with Crippen LogP contribution in [-0.2, 0) is 52.7 Å². The molecule has 506 valence electrons. The van der Waals surface area contributed by atoms with Crippen LogP contribution >= 0.6 is 0 Å². The Kier molecular flexibility index (Phi) is 39.3. The van der Waals surface area contributed by atoms with Crippen molar-refractivity contribution in [3.63, 3.8) is 0 Å². The van der Waals surface area contributed by atoms with Crippen molar-refractivity contribution in [1.29, 1.82) is 0 Å².